The maximum Gasteiger partial charge on any atom is 0.268 e. The fourth-order valence-corrected chi connectivity index (χ4v) is 5.74. The van der Waals surface area contributed by atoms with Crippen LogP contribution < -0.4 is 15.8 Å². The number of amides is 2. The Morgan fingerprint density at radius 1 is 1.11 bits per heavy atom. The Hall–Kier alpha value is -3.78. The van der Waals surface area contributed by atoms with Crippen LogP contribution in [0.1, 0.15) is 52.5 Å². The van der Waals surface area contributed by atoms with Crippen LogP contribution in [0.5, 0.6) is 0 Å². The van der Waals surface area contributed by atoms with Gasteiger partial charge in [-0.1, -0.05) is 44.2 Å². The number of hydrogen-bond acceptors (Lipinski definition) is 5. The Morgan fingerprint density at radius 2 is 1.86 bits per heavy atom. The molecule has 36 heavy (non-hydrogen) atoms. The number of fused-ring (bicyclic) bond motifs is 2. The molecule has 1 aliphatic heterocycles. The Bertz CT molecular complexity index is 1520. The van der Waals surface area contributed by atoms with E-state index in [1.807, 2.05) is 42.5 Å². The van der Waals surface area contributed by atoms with Crippen LogP contribution >= 0.6 is 11.3 Å². The maximum absolute atomic E-state index is 13.5. The van der Waals surface area contributed by atoms with Gasteiger partial charge >= 0.3 is 0 Å². The smallest absolute Gasteiger partial charge is 0.268 e. The lowest BCUT2D eigenvalue weighted by molar-refractivity contribution is -0.116. The van der Waals surface area contributed by atoms with Gasteiger partial charge in [0.2, 0.25) is 5.91 Å². The van der Waals surface area contributed by atoms with E-state index in [1.54, 1.807) is 11.8 Å². The summed E-state index contributed by atoms with van der Waals surface area (Å²) >= 11 is 1.23. The quantitative estimate of drug-likeness (QED) is 0.412. The molecule has 1 N–H and O–H groups in total. The van der Waals surface area contributed by atoms with Gasteiger partial charge in [0.25, 0.3) is 11.5 Å². The molecular formula is C28H28N4O3S. The molecule has 5 rings (SSSR count). The SMILES string of the molecule is Cc1c(C(=O)N2CCCc3ccccc32)sc2ncn(CC(=O)Nc3ccc(C(C)C)cc3)c(=O)c12. The predicted molar refractivity (Wildman–Crippen MR) is 144 cm³/mol. The van der Waals surface area contributed by atoms with Crippen molar-refractivity contribution in [2.75, 3.05) is 16.8 Å². The Labute approximate surface area is 213 Å². The monoisotopic (exact) mass is 500 g/mol. The Kier molecular flexibility index (Phi) is 6.45. The number of aromatic nitrogens is 2. The second kappa shape index (κ2) is 9.70. The molecule has 0 atom stereocenters. The van der Waals surface area contributed by atoms with Crippen LogP contribution in [0.3, 0.4) is 0 Å². The van der Waals surface area contributed by atoms with E-state index in [9.17, 15) is 14.4 Å². The number of rotatable bonds is 5. The largest absolute Gasteiger partial charge is 0.325 e. The number of nitrogens with one attached hydrogen (secondary N) is 1. The summed E-state index contributed by atoms with van der Waals surface area (Å²) in [5.74, 6) is -0.0257. The third kappa shape index (κ3) is 4.44. The van der Waals surface area contributed by atoms with Crippen molar-refractivity contribution < 1.29 is 9.59 Å². The number of aryl methyl sites for hydroxylation is 2. The van der Waals surface area contributed by atoms with Crippen LogP contribution in [-0.2, 0) is 17.8 Å². The average molecular weight is 501 g/mol. The first kappa shape index (κ1) is 23.9. The number of hydrogen-bond donors (Lipinski definition) is 1. The first-order valence-electron chi connectivity index (χ1n) is 12.1. The molecule has 184 valence electrons. The van der Waals surface area contributed by atoms with E-state index in [1.165, 1.54) is 27.8 Å². The van der Waals surface area contributed by atoms with Crippen LogP contribution in [0.4, 0.5) is 11.4 Å². The minimum absolute atomic E-state index is 0.115. The molecule has 7 nitrogen and oxygen atoms in total. The van der Waals surface area contributed by atoms with Gasteiger partial charge in [0.05, 0.1) is 16.6 Å². The predicted octanol–water partition coefficient (Wildman–Crippen LogP) is 5.12. The van der Waals surface area contributed by atoms with Crippen LogP contribution in [-0.4, -0.2) is 27.9 Å². The first-order valence-corrected chi connectivity index (χ1v) is 12.9. The van der Waals surface area contributed by atoms with E-state index in [4.69, 9.17) is 0 Å². The van der Waals surface area contributed by atoms with Crippen molar-refractivity contribution in [3.63, 3.8) is 0 Å². The van der Waals surface area contributed by atoms with Crippen molar-refractivity contribution in [2.24, 2.45) is 0 Å². The lowest BCUT2D eigenvalue weighted by Gasteiger charge is -2.29. The van der Waals surface area contributed by atoms with Gasteiger partial charge in [-0.3, -0.25) is 19.0 Å². The van der Waals surface area contributed by atoms with Crippen LogP contribution in [0.2, 0.25) is 0 Å². The molecule has 0 bridgehead atoms. The highest BCUT2D eigenvalue weighted by Crippen LogP contribution is 2.33. The third-order valence-electron chi connectivity index (χ3n) is 6.64. The molecule has 0 saturated carbocycles. The van der Waals surface area contributed by atoms with E-state index >= 15 is 0 Å². The summed E-state index contributed by atoms with van der Waals surface area (Å²) in [7, 11) is 0. The number of para-hydroxylation sites is 1. The number of anilines is 2. The molecule has 0 aliphatic carbocycles. The zero-order chi connectivity index (χ0) is 25.4. The van der Waals surface area contributed by atoms with E-state index < -0.39 is 0 Å². The van der Waals surface area contributed by atoms with E-state index in [-0.39, 0.29) is 23.9 Å². The third-order valence-corrected chi connectivity index (χ3v) is 7.83. The topological polar surface area (TPSA) is 84.3 Å². The second-order valence-corrected chi connectivity index (χ2v) is 10.4. The molecule has 2 amide bonds. The molecule has 2 aromatic carbocycles. The standard InChI is InChI=1S/C28H28N4O3S/c1-17(2)19-10-12-21(13-11-19)30-23(33)15-31-16-29-26-24(27(31)34)18(3)25(36-26)28(35)32-14-6-8-20-7-4-5-9-22(20)32/h4-5,7,9-13,16-17H,6,8,14-15H2,1-3H3,(H,30,33). The summed E-state index contributed by atoms with van der Waals surface area (Å²) in [5, 5.41) is 3.23. The minimum Gasteiger partial charge on any atom is -0.325 e. The summed E-state index contributed by atoms with van der Waals surface area (Å²) < 4.78 is 1.30. The maximum atomic E-state index is 13.5. The highest BCUT2D eigenvalue weighted by molar-refractivity contribution is 7.20. The Morgan fingerprint density at radius 3 is 2.61 bits per heavy atom. The van der Waals surface area contributed by atoms with Gasteiger partial charge in [-0.2, -0.15) is 0 Å². The molecule has 4 aromatic rings. The molecule has 2 aromatic heterocycles. The van der Waals surface area contributed by atoms with Gasteiger partial charge in [0.15, 0.2) is 0 Å². The van der Waals surface area contributed by atoms with Crippen molar-refractivity contribution in [3.05, 3.63) is 86.8 Å². The van der Waals surface area contributed by atoms with Crippen molar-refractivity contribution in [2.45, 2.75) is 46.1 Å². The van der Waals surface area contributed by atoms with E-state index in [0.29, 0.717) is 38.8 Å². The number of thiophene rings is 1. The van der Waals surface area contributed by atoms with Crippen LogP contribution in [0.25, 0.3) is 10.2 Å². The van der Waals surface area contributed by atoms with E-state index in [0.717, 1.165) is 24.1 Å². The molecule has 0 unspecified atom stereocenters. The highest BCUT2D eigenvalue weighted by Gasteiger charge is 2.27. The summed E-state index contributed by atoms with van der Waals surface area (Å²) in [6, 6.07) is 15.6. The number of carbonyl (C=O) groups is 2. The zero-order valence-corrected chi connectivity index (χ0v) is 21.4. The Balaban J connectivity index is 1.39. The van der Waals surface area contributed by atoms with Crippen LogP contribution in [0, 0.1) is 6.92 Å². The normalized spacial score (nSPS) is 13.2. The van der Waals surface area contributed by atoms with Gasteiger partial charge < -0.3 is 10.2 Å². The van der Waals surface area contributed by atoms with Crippen molar-refractivity contribution in [1.29, 1.82) is 0 Å². The highest BCUT2D eigenvalue weighted by atomic mass is 32.1. The second-order valence-electron chi connectivity index (χ2n) is 9.43. The first-order chi connectivity index (χ1) is 17.3. The van der Waals surface area contributed by atoms with Crippen molar-refractivity contribution >= 4 is 44.7 Å². The van der Waals surface area contributed by atoms with Crippen molar-refractivity contribution in [1.82, 2.24) is 9.55 Å². The molecule has 1 aliphatic rings. The zero-order valence-electron chi connectivity index (χ0n) is 20.6. The van der Waals surface area contributed by atoms with Crippen molar-refractivity contribution in [3.8, 4) is 0 Å². The average Bonchev–Trinajstić information content (AvgIpc) is 3.22. The number of carbonyl (C=O) groups excluding carboxylic acids is 2. The molecule has 0 spiro atoms. The number of nitrogens with zero attached hydrogens (tertiary/aromatic N) is 3. The fourth-order valence-electron chi connectivity index (χ4n) is 4.65. The molecule has 0 fully saturated rings. The van der Waals surface area contributed by atoms with Gasteiger partial charge in [-0.15, -0.1) is 11.3 Å². The lowest BCUT2D eigenvalue weighted by Crippen LogP contribution is -2.35. The summed E-state index contributed by atoms with van der Waals surface area (Å²) in [4.78, 5) is 46.7. The van der Waals surface area contributed by atoms with Crippen LogP contribution in [0.15, 0.2) is 59.7 Å². The molecule has 0 saturated heterocycles. The summed E-state index contributed by atoms with van der Waals surface area (Å²) in [5.41, 5.74) is 4.23. The van der Waals surface area contributed by atoms with Gasteiger partial charge in [0.1, 0.15) is 11.4 Å². The lowest BCUT2D eigenvalue weighted by atomic mass is 10.0. The number of benzene rings is 2. The fraction of sp³-hybridized carbons (Fsp3) is 0.286. The molecule has 8 heteroatoms. The summed E-state index contributed by atoms with van der Waals surface area (Å²) in [6.45, 7) is 6.48. The van der Waals surface area contributed by atoms with Gasteiger partial charge in [0, 0.05) is 17.9 Å². The molecular weight excluding hydrogens is 472 g/mol. The minimum atomic E-state index is -0.322. The van der Waals surface area contributed by atoms with Gasteiger partial charge in [-0.05, 0) is 60.6 Å². The molecule has 3 heterocycles. The summed E-state index contributed by atoms with van der Waals surface area (Å²) in [6.07, 6.45) is 3.22. The molecule has 0 radical (unpaired) electrons. The van der Waals surface area contributed by atoms with Gasteiger partial charge in [-0.25, -0.2) is 4.98 Å². The van der Waals surface area contributed by atoms with E-state index in [2.05, 4.69) is 30.2 Å².